The Bertz CT molecular complexity index is 631. The highest BCUT2D eigenvalue weighted by molar-refractivity contribution is 6.00. The second-order valence-electron chi connectivity index (χ2n) is 6.34. The van der Waals surface area contributed by atoms with E-state index in [2.05, 4.69) is 36.3 Å². The Morgan fingerprint density at radius 3 is 2.79 bits per heavy atom. The average Bonchev–Trinajstić information content (AvgIpc) is 2.96. The standard InChI is InChI=1S/C16H21N3/c1-10-6-12-13(9-18-10)14(17)4-5-15(12)19-8-11-7-16(11,2)3/h4-6,9,11,19H,7-8,17H2,1-3H3. The molecule has 1 unspecified atom stereocenters. The summed E-state index contributed by atoms with van der Waals surface area (Å²) in [4.78, 5) is 4.33. The second-order valence-corrected chi connectivity index (χ2v) is 6.34. The summed E-state index contributed by atoms with van der Waals surface area (Å²) in [6.45, 7) is 7.70. The van der Waals surface area contributed by atoms with E-state index in [1.165, 1.54) is 11.8 Å². The summed E-state index contributed by atoms with van der Waals surface area (Å²) in [5.74, 6) is 0.781. The van der Waals surface area contributed by atoms with E-state index in [9.17, 15) is 0 Å². The molecular formula is C16H21N3. The highest BCUT2D eigenvalue weighted by Gasteiger charge is 2.44. The molecule has 0 saturated heterocycles. The predicted molar refractivity (Wildman–Crippen MR) is 81.3 cm³/mol. The molecule has 1 heterocycles. The lowest BCUT2D eigenvalue weighted by Crippen LogP contribution is -2.08. The Morgan fingerprint density at radius 2 is 2.11 bits per heavy atom. The van der Waals surface area contributed by atoms with Gasteiger partial charge in [-0.3, -0.25) is 4.98 Å². The summed E-state index contributed by atoms with van der Waals surface area (Å²) in [5, 5.41) is 5.78. The number of rotatable bonds is 3. The second kappa shape index (κ2) is 4.12. The van der Waals surface area contributed by atoms with E-state index in [1.54, 1.807) is 0 Å². The summed E-state index contributed by atoms with van der Waals surface area (Å²) in [7, 11) is 0. The van der Waals surface area contributed by atoms with Crippen LogP contribution < -0.4 is 11.1 Å². The van der Waals surface area contributed by atoms with E-state index in [4.69, 9.17) is 5.73 Å². The number of fused-ring (bicyclic) bond motifs is 1. The zero-order chi connectivity index (χ0) is 13.6. The topological polar surface area (TPSA) is 50.9 Å². The fourth-order valence-electron chi connectivity index (χ4n) is 2.68. The van der Waals surface area contributed by atoms with E-state index in [0.717, 1.165) is 34.9 Å². The van der Waals surface area contributed by atoms with Gasteiger partial charge < -0.3 is 11.1 Å². The van der Waals surface area contributed by atoms with Crippen molar-refractivity contribution in [3.05, 3.63) is 30.1 Å². The molecule has 0 bridgehead atoms. The van der Waals surface area contributed by atoms with Crippen LogP contribution in [-0.2, 0) is 0 Å². The summed E-state index contributed by atoms with van der Waals surface area (Å²) in [5.41, 5.74) is 9.50. The van der Waals surface area contributed by atoms with E-state index < -0.39 is 0 Å². The highest BCUT2D eigenvalue weighted by Crippen LogP contribution is 2.51. The van der Waals surface area contributed by atoms with Crippen molar-refractivity contribution in [3.63, 3.8) is 0 Å². The Kier molecular flexibility index (Phi) is 2.66. The summed E-state index contributed by atoms with van der Waals surface area (Å²) >= 11 is 0. The van der Waals surface area contributed by atoms with Crippen LogP contribution >= 0.6 is 0 Å². The molecule has 1 aliphatic rings. The first-order valence-electron chi connectivity index (χ1n) is 6.86. The van der Waals surface area contributed by atoms with E-state index in [1.807, 2.05) is 19.2 Å². The van der Waals surface area contributed by atoms with Crippen molar-refractivity contribution < 1.29 is 0 Å². The van der Waals surface area contributed by atoms with E-state index in [-0.39, 0.29) is 0 Å². The number of hydrogen-bond donors (Lipinski definition) is 2. The predicted octanol–water partition coefficient (Wildman–Crippen LogP) is 3.58. The van der Waals surface area contributed by atoms with Gasteiger partial charge in [-0.15, -0.1) is 0 Å². The lowest BCUT2D eigenvalue weighted by Gasteiger charge is -2.12. The number of anilines is 2. The number of benzene rings is 1. The normalized spacial score (nSPS) is 20.5. The van der Waals surface area contributed by atoms with Crippen LogP contribution in [0.3, 0.4) is 0 Å². The van der Waals surface area contributed by atoms with Crippen molar-refractivity contribution in [3.8, 4) is 0 Å². The van der Waals surface area contributed by atoms with Crippen LogP contribution in [0.1, 0.15) is 26.0 Å². The van der Waals surface area contributed by atoms with E-state index in [0.29, 0.717) is 5.41 Å². The van der Waals surface area contributed by atoms with Crippen molar-refractivity contribution >= 4 is 22.1 Å². The van der Waals surface area contributed by atoms with Gasteiger partial charge in [-0.05, 0) is 42.9 Å². The Balaban J connectivity index is 1.90. The Labute approximate surface area is 114 Å². The number of aryl methyl sites for hydroxylation is 1. The molecule has 100 valence electrons. The maximum absolute atomic E-state index is 6.02. The Hall–Kier alpha value is -1.77. The molecule has 1 aromatic carbocycles. The molecule has 3 nitrogen and oxygen atoms in total. The molecule has 3 N–H and O–H groups in total. The number of aromatic nitrogens is 1. The molecule has 1 aliphatic carbocycles. The van der Waals surface area contributed by atoms with Gasteiger partial charge in [-0.1, -0.05) is 13.8 Å². The lowest BCUT2D eigenvalue weighted by molar-refractivity contribution is 0.573. The monoisotopic (exact) mass is 255 g/mol. The molecule has 2 aromatic rings. The number of nitrogens with two attached hydrogens (primary N) is 1. The first-order chi connectivity index (χ1) is 8.97. The maximum Gasteiger partial charge on any atom is 0.0422 e. The largest absolute Gasteiger partial charge is 0.398 e. The molecule has 0 spiro atoms. The molecule has 1 atom stereocenters. The van der Waals surface area contributed by atoms with E-state index >= 15 is 0 Å². The van der Waals surface area contributed by atoms with Crippen LogP contribution in [0.2, 0.25) is 0 Å². The maximum atomic E-state index is 6.02. The summed E-state index contributed by atoms with van der Waals surface area (Å²) in [6.07, 6.45) is 3.18. The van der Waals surface area contributed by atoms with Gasteiger partial charge in [0.2, 0.25) is 0 Å². The van der Waals surface area contributed by atoms with Crippen molar-refractivity contribution in [2.45, 2.75) is 27.2 Å². The third-order valence-corrected chi connectivity index (χ3v) is 4.33. The highest BCUT2D eigenvalue weighted by atomic mass is 14.9. The first kappa shape index (κ1) is 12.3. The minimum atomic E-state index is 0.508. The zero-order valence-electron chi connectivity index (χ0n) is 11.8. The minimum Gasteiger partial charge on any atom is -0.398 e. The third kappa shape index (κ3) is 2.25. The van der Waals surface area contributed by atoms with Crippen LogP contribution in [0.25, 0.3) is 10.8 Å². The molecule has 3 rings (SSSR count). The third-order valence-electron chi connectivity index (χ3n) is 4.33. The van der Waals surface area contributed by atoms with Crippen LogP contribution in [-0.4, -0.2) is 11.5 Å². The number of hydrogen-bond acceptors (Lipinski definition) is 3. The number of nitrogens with zero attached hydrogens (tertiary/aromatic N) is 1. The Morgan fingerprint density at radius 1 is 1.37 bits per heavy atom. The smallest absolute Gasteiger partial charge is 0.0422 e. The van der Waals surface area contributed by atoms with Gasteiger partial charge in [0.15, 0.2) is 0 Å². The van der Waals surface area contributed by atoms with Gasteiger partial charge >= 0.3 is 0 Å². The SMILES string of the molecule is Cc1cc2c(NCC3CC3(C)C)ccc(N)c2cn1. The molecule has 0 radical (unpaired) electrons. The average molecular weight is 255 g/mol. The number of nitrogen functional groups attached to an aromatic ring is 1. The van der Waals surface area contributed by atoms with Gasteiger partial charge in [-0.25, -0.2) is 0 Å². The fourth-order valence-corrected chi connectivity index (χ4v) is 2.68. The molecule has 19 heavy (non-hydrogen) atoms. The van der Waals surface area contributed by atoms with Crippen molar-refractivity contribution in [2.24, 2.45) is 11.3 Å². The first-order valence-corrected chi connectivity index (χ1v) is 6.86. The van der Waals surface area contributed by atoms with Gasteiger partial charge in [-0.2, -0.15) is 0 Å². The molecular weight excluding hydrogens is 234 g/mol. The molecule has 0 amide bonds. The van der Waals surface area contributed by atoms with Crippen molar-refractivity contribution in [1.29, 1.82) is 0 Å². The molecule has 1 saturated carbocycles. The minimum absolute atomic E-state index is 0.508. The quantitative estimate of drug-likeness (QED) is 0.824. The zero-order valence-corrected chi connectivity index (χ0v) is 11.8. The summed E-state index contributed by atoms with van der Waals surface area (Å²) in [6, 6.07) is 6.14. The van der Waals surface area contributed by atoms with Crippen molar-refractivity contribution in [2.75, 3.05) is 17.6 Å². The van der Waals surface area contributed by atoms with Crippen molar-refractivity contribution in [1.82, 2.24) is 4.98 Å². The molecule has 0 aliphatic heterocycles. The lowest BCUT2D eigenvalue weighted by atomic mass is 10.1. The molecule has 1 aromatic heterocycles. The fraction of sp³-hybridized carbons (Fsp3) is 0.438. The van der Waals surface area contributed by atoms with Gasteiger partial charge in [0, 0.05) is 40.6 Å². The summed E-state index contributed by atoms with van der Waals surface area (Å²) < 4.78 is 0. The molecule has 1 fully saturated rings. The number of pyridine rings is 1. The molecule has 3 heteroatoms. The van der Waals surface area contributed by atoms with Crippen LogP contribution in [0.15, 0.2) is 24.4 Å². The van der Waals surface area contributed by atoms with Crippen LogP contribution in [0.5, 0.6) is 0 Å². The number of nitrogens with one attached hydrogen (secondary N) is 1. The van der Waals surface area contributed by atoms with Gasteiger partial charge in [0.25, 0.3) is 0 Å². The van der Waals surface area contributed by atoms with Crippen LogP contribution in [0, 0.1) is 18.3 Å². The van der Waals surface area contributed by atoms with Crippen LogP contribution in [0.4, 0.5) is 11.4 Å². The van der Waals surface area contributed by atoms with Gasteiger partial charge in [0.1, 0.15) is 0 Å². The van der Waals surface area contributed by atoms with Gasteiger partial charge in [0.05, 0.1) is 0 Å².